The molecule has 0 saturated heterocycles. The van der Waals surface area contributed by atoms with Gasteiger partial charge in [-0.1, -0.05) is 18.2 Å². The predicted molar refractivity (Wildman–Crippen MR) is 91.6 cm³/mol. The van der Waals surface area contributed by atoms with Crippen molar-refractivity contribution in [1.29, 1.82) is 0 Å². The molecule has 4 N–H and O–H groups in total. The summed E-state index contributed by atoms with van der Waals surface area (Å²) < 4.78 is 5.13. The van der Waals surface area contributed by atoms with Crippen molar-refractivity contribution in [3.05, 3.63) is 59.7 Å². The van der Waals surface area contributed by atoms with E-state index in [9.17, 15) is 9.59 Å². The number of thiocarbonyl (C=S) groups is 1. The average molecular weight is 329 g/mol. The minimum atomic E-state index is -0.544. The molecule has 2 aromatic rings. The monoisotopic (exact) mass is 329 g/mol. The Morgan fingerprint density at radius 2 is 1.87 bits per heavy atom. The molecule has 0 bridgehead atoms. The summed E-state index contributed by atoms with van der Waals surface area (Å²) in [6.45, 7) is 0. The summed E-state index contributed by atoms with van der Waals surface area (Å²) in [6.07, 6.45) is 0. The number of hydrogen-bond acceptors (Lipinski definition) is 4. The van der Waals surface area contributed by atoms with E-state index < -0.39 is 11.8 Å². The van der Waals surface area contributed by atoms with Crippen molar-refractivity contribution in [2.24, 2.45) is 5.73 Å². The van der Waals surface area contributed by atoms with Crippen LogP contribution >= 0.6 is 12.2 Å². The van der Waals surface area contributed by atoms with Crippen molar-refractivity contribution >= 4 is 34.8 Å². The van der Waals surface area contributed by atoms with Gasteiger partial charge in [0.15, 0.2) is 5.11 Å². The molecule has 0 fully saturated rings. The van der Waals surface area contributed by atoms with E-state index in [0.29, 0.717) is 22.6 Å². The van der Waals surface area contributed by atoms with Gasteiger partial charge < -0.3 is 15.8 Å². The van der Waals surface area contributed by atoms with E-state index in [2.05, 4.69) is 10.6 Å². The van der Waals surface area contributed by atoms with Crippen LogP contribution in [0.5, 0.6) is 5.75 Å². The number of benzene rings is 2. The lowest BCUT2D eigenvalue weighted by atomic mass is 10.2. The first kappa shape index (κ1) is 16.4. The second-order valence-corrected chi connectivity index (χ2v) is 4.96. The fraction of sp³-hybridized carbons (Fsp3) is 0.0625. The second-order valence-electron chi connectivity index (χ2n) is 4.55. The van der Waals surface area contributed by atoms with E-state index in [-0.39, 0.29) is 5.11 Å². The van der Waals surface area contributed by atoms with Crippen molar-refractivity contribution in [2.75, 3.05) is 12.4 Å². The van der Waals surface area contributed by atoms with Crippen LogP contribution < -0.4 is 21.1 Å². The molecule has 0 aliphatic carbocycles. The Kier molecular flexibility index (Phi) is 5.27. The van der Waals surface area contributed by atoms with Crippen LogP contribution in [0.1, 0.15) is 20.7 Å². The standard InChI is InChI=1S/C16H15N3O3S/c1-22-13-8-3-2-7-12(13)15(21)19-16(23)18-11-6-4-5-10(9-11)14(17)20/h2-9H,1H3,(H2,17,20)(H2,18,19,21,23). The van der Waals surface area contributed by atoms with Gasteiger partial charge in [0.1, 0.15) is 5.75 Å². The molecule has 23 heavy (non-hydrogen) atoms. The number of nitrogens with two attached hydrogens (primary N) is 1. The molecule has 0 aliphatic heterocycles. The zero-order chi connectivity index (χ0) is 16.8. The average Bonchev–Trinajstić information content (AvgIpc) is 2.54. The molecule has 6 nitrogen and oxygen atoms in total. The normalized spacial score (nSPS) is 9.78. The first-order valence-electron chi connectivity index (χ1n) is 6.66. The first-order valence-corrected chi connectivity index (χ1v) is 7.07. The number of carbonyl (C=O) groups excluding carboxylic acids is 2. The van der Waals surface area contributed by atoms with Crippen LogP contribution in [0, 0.1) is 0 Å². The van der Waals surface area contributed by atoms with Gasteiger partial charge in [0.2, 0.25) is 5.91 Å². The Balaban J connectivity index is 2.06. The number of hydrogen-bond donors (Lipinski definition) is 3. The van der Waals surface area contributed by atoms with E-state index in [1.54, 1.807) is 48.5 Å². The van der Waals surface area contributed by atoms with Gasteiger partial charge in [0.25, 0.3) is 5.91 Å². The SMILES string of the molecule is COc1ccccc1C(=O)NC(=S)Nc1cccc(C(N)=O)c1. The van der Waals surface area contributed by atoms with Crippen molar-refractivity contribution in [3.8, 4) is 5.75 Å². The molecule has 0 atom stereocenters. The summed E-state index contributed by atoms with van der Waals surface area (Å²) in [5, 5.41) is 5.48. The molecule has 0 unspecified atom stereocenters. The van der Waals surface area contributed by atoms with Crippen LogP contribution in [0.3, 0.4) is 0 Å². The Morgan fingerprint density at radius 3 is 2.57 bits per heavy atom. The highest BCUT2D eigenvalue weighted by molar-refractivity contribution is 7.80. The van der Waals surface area contributed by atoms with Crippen LogP contribution in [0.15, 0.2) is 48.5 Å². The number of methoxy groups -OCH3 is 1. The van der Waals surface area contributed by atoms with Gasteiger partial charge in [0, 0.05) is 11.3 Å². The smallest absolute Gasteiger partial charge is 0.261 e. The number of nitrogens with one attached hydrogen (secondary N) is 2. The van der Waals surface area contributed by atoms with E-state index in [0.717, 1.165) is 0 Å². The molecule has 2 amide bonds. The van der Waals surface area contributed by atoms with E-state index in [1.165, 1.54) is 7.11 Å². The highest BCUT2D eigenvalue weighted by atomic mass is 32.1. The molecule has 0 spiro atoms. The first-order chi connectivity index (χ1) is 11.0. The molecular weight excluding hydrogens is 314 g/mol. The molecule has 0 heterocycles. The van der Waals surface area contributed by atoms with Gasteiger partial charge in [0.05, 0.1) is 12.7 Å². The summed E-state index contributed by atoms with van der Waals surface area (Å²) in [7, 11) is 1.48. The second kappa shape index (κ2) is 7.37. The molecule has 7 heteroatoms. The van der Waals surface area contributed by atoms with Gasteiger partial charge in [-0.2, -0.15) is 0 Å². The maximum Gasteiger partial charge on any atom is 0.261 e. The van der Waals surface area contributed by atoms with Crippen LogP contribution in [0.2, 0.25) is 0 Å². The molecule has 2 rings (SSSR count). The Morgan fingerprint density at radius 1 is 1.13 bits per heavy atom. The molecule has 0 saturated carbocycles. The quantitative estimate of drug-likeness (QED) is 0.745. The van der Waals surface area contributed by atoms with Crippen LogP contribution in [0.4, 0.5) is 5.69 Å². The van der Waals surface area contributed by atoms with Crippen LogP contribution in [-0.2, 0) is 0 Å². The summed E-state index contributed by atoms with van der Waals surface area (Å²) in [5.74, 6) is -0.493. The van der Waals surface area contributed by atoms with Gasteiger partial charge in [-0.3, -0.25) is 14.9 Å². The lowest BCUT2D eigenvalue weighted by Gasteiger charge is -2.12. The fourth-order valence-electron chi connectivity index (χ4n) is 1.92. The maximum atomic E-state index is 12.2. The third kappa shape index (κ3) is 4.27. The summed E-state index contributed by atoms with van der Waals surface area (Å²) >= 11 is 5.10. The topological polar surface area (TPSA) is 93.4 Å². The van der Waals surface area contributed by atoms with Gasteiger partial charge in [-0.15, -0.1) is 0 Å². The highest BCUT2D eigenvalue weighted by Gasteiger charge is 2.13. The van der Waals surface area contributed by atoms with E-state index in [4.69, 9.17) is 22.7 Å². The Hall–Kier alpha value is -2.93. The molecule has 0 aromatic heterocycles. The van der Waals surface area contributed by atoms with Crippen molar-refractivity contribution < 1.29 is 14.3 Å². The minimum Gasteiger partial charge on any atom is -0.496 e. The number of ether oxygens (including phenoxy) is 1. The number of anilines is 1. The number of amides is 2. The summed E-state index contributed by atoms with van der Waals surface area (Å²) in [6, 6.07) is 13.3. The predicted octanol–water partition coefficient (Wildman–Crippen LogP) is 1.92. The largest absolute Gasteiger partial charge is 0.496 e. The number of carbonyl (C=O) groups is 2. The number of rotatable bonds is 4. The van der Waals surface area contributed by atoms with Gasteiger partial charge in [-0.25, -0.2) is 0 Å². The molecule has 0 radical (unpaired) electrons. The molecule has 118 valence electrons. The summed E-state index contributed by atoms with van der Waals surface area (Å²) in [5.41, 5.74) is 6.47. The van der Waals surface area contributed by atoms with Crippen molar-refractivity contribution in [2.45, 2.75) is 0 Å². The number of para-hydroxylation sites is 1. The Labute approximate surface area is 138 Å². The number of primary amides is 1. The van der Waals surface area contributed by atoms with Gasteiger partial charge >= 0.3 is 0 Å². The third-order valence-electron chi connectivity index (χ3n) is 2.98. The van der Waals surface area contributed by atoms with Crippen molar-refractivity contribution in [3.63, 3.8) is 0 Å². The van der Waals surface area contributed by atoms with Crippen LogP contribution in [-0.4, -0.2) is 24.0 Å². The molecular formula is C16H15N3O3S. The van der Waals surface area contributed by atoms with Gasteiger partial charge in [-0.05, 0) is 42.5 Å². The van der Waals surface area contributed by atoms with E-state index >= 15 is 0 Å². The zero-order valence-electron chi connectivity index (χ0n) is 12.3. The third-order valence-corrected chi connectivity index (χ3v) is 3.19. The van der Waals surface area contributed by atoms with Crippen LogP contribution in [0.25, 0.3) is 0 Å². The zero-order valence-corrected chi connectivity index (χ0v) is 13.1. The lowest BCUT2D eigenvalue weighted by molar-refractivity contribution is 0.0972. The maximum absolute atomic E-state index is 12.2. The Bertz CT molecular complexity index is 762. The molecule has 0 aliphatic rings. The fourth-order valence-corrected chi connectivity index (χ4v) is 2.13. The lowest BCUT2D eigenvalue weighted by Crippen LogP contribution is -2.34. The van der Waals surface area contributed by atoms with Crippen molar-refractivity contribution in [1.82, 2.24) is 5.32 Å². The molecule has 2 aromatic carbocycles. The summed E-state index contributed by atoms with van der Waals surface area (Å²) in [4.78, 5) is 23.4. The minimum absolute atomic E-state index is 0.0996. The highest BCUT2D eigenvalue weighted by Crippen LogP contribution is 2.17. The van der Waals surface area contributed by atoms with E-state index in [1.807, 2.05) is 0 Å².